The summed E-state index contributed by atoms with van der Waals surface area (Å²) in [5.41, 5.74) is 3.58. The van der Waals surface area contributed by atoms with E-state index in [4.69, 9.17) is 4.74 Å². The third kappa shape index (κ3) is 2.88. The topological polar surface area (TPSA) is 21.3 Å². The highest BCUT2D eigenvalue weighted by Gasteiger charge is 2.06. The average Bonchev–Trinajstić information content (AvgIpc) is 2.22. The highest BCUT2D eigenvalue weighted by molar-refractivity contribution is 5.59. The molecule has 0 saturated heterocycles. The van der Waals surface area contributed by atoms with Gasteiger partial charge in [0, 0.05) is 17.8 Å². The molecule has 0 heterocycles. The number of ether oxygens (including phenoxy) is 1. The van der Waals surface area contributed by atoms with E-state index in [2.05, 4.69) is 38.2 Å². The van der Waals surface area contributed by atoms with Crippen LogP contribution in [-0.4, -0.2) is 13.7 Å². The second-order valence-electron chi connectivity index (χ2n) is 3.87. The number of aryl methyl sites for hydroxylation is 1. The Morgan fingerprint density at radius 2 is 2.00 bits per heavy atom. The Morgan fingerprint density at radius 3 is 2.60 bits per heavy atom. The zero-order chi connectivity index (χ0) is 11.3. The Morgan fingerprint density at radius 1 is 1.27 bits per heavy atom. The van der Waals surface area contributed by atoms with Gasteiger partial charge in [0.15, 0.2) is 0 Å². The third-order valence-electron chi connectivity index (χ3n) is 2.65. The smallest absolute Gasteiger partial charge is 0.126 e. The van der Waals surface area contributed by atoms with Gasteiger partial charge in [-0.2, -0.15) is 0 Å². The van der Waals surface area contributed by atoms with Crippen molar-refractivity contribution in [3.05, 3.63) is 23.3 Å². The summed E-state index contributed by atoms with van der Waals surface area (Å²) in [6.07, 6.45) is 2.42. The Bertz CT molecular complexity index is 321. The number of hydrogen-bond acceptors (Lipinski definition) is 2. The first-order valence-corrected chi connectivity index (χ1v) is 5.58. The van der Waals surface area contributed by atoms with Gasteiger partial charge in [0.25, 0.3) is 0 Å². The summed E-state index contributed by atoms with van der Waals surface area (Å²) in [4.78, 5) is 0. The number of anilines is 1. The van der Waals surface area contributed by atoms with E-state index in [0.29, 0.717) is 0 Å². The lowest BCUT2D eigenvalue weighted by Gasteiger charge is -2.14. The minimum absolute atomic E-state index is 0.997. The van der Waals surface area contributed by atoms with E-state index >= 15 is 0 Å². The molecular formula is C13H21NO. The molecule has 2 heteroatoms. The van der Waals surface area contributed by atoms with Gasteiger partial charge in [-0.3, -0.25) is 0 Å². The van der Waals surface area contributed by atoms with E-state index in [9.17, 15) is 0 Å². The van der Waals surface area contributed by atoms with Crippen LogP contribution in [0.15, 0.2) is 12.1 Å². The summed E-state index contributed by atoms with van der Waals surface area (Å²) in [6, 6.07) is 4.23. The van der Waals surface area contributed by atoms with Crippen LogP contribution in [-0.2, 0) is 0 Å². The van der Waals surface area contributed by atoms with E-state index in [1.807, 2.05) is 0 Å². The molecule has 2 nitrogen and oxygen atoms in total. The van der Waals surface area contributed by atoms with Crippen molar-refractivity contribution in [2.24, 2.45) is 0 Å². The zero-order valence-electron chi connectivity index (χ0n) is 10.2. The first kappa shape index (κ1) is 11.9. The molecule has 1 N–H and O–H groups in total. The first-order chi connectivity index (χ1) is 7.20. The lowest BCUT2D eigenvalue weighted by molar-refractivity contribution is 0.409. The molecule has 1 aromatic carbocycles. The van der Waals surface area contributed by atoms with Gasteiger partial charge in [0.05, 0.1) is 7.11 Å². The monoisotopic (exact) mass is 207 g/mol. The van der Waals surface area contributed by atoms with Crippen molar-refractivity contribution in [1.82, 2.24) is 0 Å². The normalized spacial score (nSPS) is 10.1. The van der Waals surface area contributed by atoms with Crippen LogP contribution >= 0.6 is 0 Å². The molecule has 0 amide bonds. The van der Waals surface area contributed by atoms with Crippen molar-refractivity contribution < 1.29 is 4.74 Å². The number of rotatable bonds is 5. The molecule has 84 valence electrons. The molecule has 0 aliphatic heterocycles. The van der Waals surface area contributed by atoms with E-state index < -0.39 is 0 Å². The summed E-state index contributed by atoms with van der Waals surface area (Å²) < 4.78 is 5.38. The molecule has 0 fully saturated rings. The summed E-state index contributed by atoms with van der Waals surface area (Å²) >= 11 is 0. The highest BCUT2D eigenvalue weighted by Crippen LogP contribution is 2.28. The van der Waals surface area contributed by atoms with Crippen LogP contribution in [0.3, 0.4) is 0 Å². The number of unbranched alkanes of at least 4 members (excludes halogenated alkanes) is 1. The van der Waals surface area contributed by atoms with E-state index in [-0.39, 0.29) is 0 Å². The lowest BCUT2D eigenvalue weighted by atomic mass is 10.1. The van der Waals surface area contributed by atoms with Gasteiger partial charge in [0.2, 0.25) is 0 Å². The van der Waals surface area contributed by atoms with Crippen molar-refractivity contribution in [3.63, 3.8) is 0 Å². The Labute approximate surface area is 92.6 Å². The summed E-state index contributed by atoms with van der Waals surface area (Å²) in [7, 11) is 1.73. The SMILES string of the molecule is CCCCNc1ccc(C)c(OC)c1C. The molecule has 0 aliphatic carbocycles. The lowest BCUT2D eigenvalue weighted by Crippen LogP contribution is -2.04. The fourth-order valence-electron chi connectivity index (χ4n) is 1.73. The predicted molar refractivity (Wildman–Crippen MR) is 65.9 cm³/mol. The number of benzene rings is 1. The molecule has 1 rings (SSSR count). The summed E-state index contributed by atoms with van der Waals surface area (Å²) in [5.74, 6) is 0.997. The number of hydrogen-bond donors (Lipinski definition) is 1. The molecule has 0 radical (unpaired) electrons. The average molecular weight is 207 g/mol. The first-order valence-electron chi connectivity index (χ1n) is 5.58. The van der Waals surface area contributed by atoms with Crippen LogP contribution in [0.4, 0.5) is 5.69 Å². The molecule has 0 spiro atoms. The van der Waals surface area contributed by atoms with Crippen molar-refractivity contribution in [2.75, 3.05) is 19.0 Å². The van der Waals surface area contributed by atoms with Crippen LogP contribution in [0.5, 0.6) is 5.75 Å². The second kappa shape index (κ2) is 5.64. The Hall–Kier alpha value is -1.18. The molecule has 0 bridgehead atoms. The molecule has 0 aromatic heterocycles. The van der Waals surface area contributed by atoms with Crippen molar-refractivity contribution in [1.29, 1.82) is 0 Å². The molecule has 1 aromatic rings. The van der Waals surface area contributed by atoms with Crippen LogP contribution in [0, 0.1) is 13.8 Å². The predicted octanol–water partition coefficient (Wildman–Crippen LogP) is 3.52. The maximum atomic E-state index is 5.38. The van der Waals surface area contributed by atoms with Gasteiger partial charge < -0.3 is 10.1 Å². The quantitative estimate of drug-likeness (QED) is 0.746. The van der Waals surface area contributed by atoms with E-state index in [1.54, 1.807) is 7.11 Å². The van der Waals surface area contributed by atoms with Gasteiger partial charge in [-0.05, 0) is 31.9 Å². The van der Waals surface area contributed by atoms with Gasteiger partial charge in [0.1, 0.15) is 5.75 Å². The molecule has 0 saturated carbocycles. The van der Waals surface area contributed by atoms with Gasteiger partial charge in [-0.25, -0.2) is 0 Å². The van der Waals surface area contributed by atoms with E-state index in [0.717, 1.165) is 12.3 Å². The van der Waals surface area contributed by atoms with Gasteiger partial charge in [-0.15, -0.1) is 0 Å². The van der Waals surface area contributed by atoms with Gasteiger partial charge in [-0.1, -0.05) is 19.4 Å². The standard InChI is InChI=1S/C13H21NO/c1-5-6-9-14-12-8-7-10(2)13(15-4)11(12)3/h7-8,14H,5-6,9H2,1-4H3. The van der Waals surface area contributed by atoms with Crippen LogP contribution in [0.1, 0.15) is 30.9 Å². The maximum absolute atomic E-state index is 5.38. The van der Waals surface area contributed by atoms with Crippen molar-refractivity contribution >= 4 is 5.69 Å². The van der Waals surface area contributed by atoms with Crippen LogP contribution in [0.2, 0.25) is 0 Å². The molecule has 0 atom stereocenters. The minimum Gasteiger partial charge on any atom is -0.496 e. The Kier molecular flexibility index (Phi) is 4.47. The highest BCUT2D eigenvalue weighted by atomic mass is 16.5. The third-order valence-corrected chi connectivity index (χ3v) is 2.65. The van der Waals surface area contributed by atoms with Gasteiger partial charge >= 0.3 is 0 Å². The zero-order valence-corrected chi connectivity index (χ0v) is 10.2. The minimum atomic E-state index is 0.997. The summed E-state index contributed by atoms with van der Waals surface area (Å²) in [5, 5.41) is 3.44. The number of methoxy groups -OCH3 is 1. The fourth-order valence-corrected chi connectivity index (χ4v) is 1.73. The largest absolute Gasteiger partial charge is 0.496 e. The molecular weight excluding hydrogens is 186 g/mol. The number of nitrogens with one attached hydrogen (secondary N) is 1. The molecule has 0 aliphatic rings. The van der Waals surface area contributed by atoms with Crippen molar-refractivity contribution in [3.8, 4) is 5.75 Å². The fraction of sp³-hybridized carbons (Fsp3) is 0.538. The summed E-state index contributed by atoms with van der Waals surface area (Å²) in [6.45, 7) is 7.40. The molecule has 0 unspecified atom stereocenters. The van der Waals surface area contributed by atoms with Crippen molar-refractivity contribution in [2.45, 2.75) is 33.6 Å². The Balaban J connectivity index is 2.80. The second-order valence-corrected chi connectivity index (χ2v) is 3.87. The van der Waals surface area contributed by atoms with Crippen LogP contribution < -0.4 is 10.1 Å². The maximum Gasteiger partial charge on any atom is 0.126 e. The van der Waals surface area contributed by atoms with E-state index in [1.165, 1.54) is 29.7 Å². The molecule has 15 heavy (non-hydrogen) atoms. The van der Waals surface area contributed by atoms with Crippen LogP contribution in [0.25, 0.3) is 0 Å².